The van der Waals surface area contributed by atoms with Crippen LogP contribution in [0.2, 0.25) is 0 Å². The summed E-state index contributed by atoms with van der Waals surface area (Å²) < 4.78 is 0. The Balaban J connectivity index is 1.95. The minimum Gasteiger partial charge on any atom is -0.386 e. The lowest BCUT2D eigenvalue weighted by Crippen LogP contribution is -2.61. The van der Waals surface area contributed by atoms with Crippen LogP contribution in [0.25, 0.3) is 0 Å². The average Bonchev–Trinajstić information content (AvgIpc) is 2.02. The number of β-amino-alcohol motifs (C(OH)–C–C–N with tert-alkyl or cyclic N) is 1. The minimum atomic E-state index is -0.503. The van der Waals surface area contributed by atoms with Crippen LogP contribution < -0.4 is 0 Å². The Morgan fingerprint density at radius 2 is 2.33 bits per heavy atom. The number of amidine groups is 1. The topological polar surface area (TPSA) is 48.2 Å². The highest BCUT2D eigenvalue weighted by Crippen LogP contribution is 2.21. The molecule has 0 aromatic rings. The summed E-state index contributed by atoms with van der Waals surface area (Å²) >= 11 is 0. The standard InChI is InChI=1S/C8H13N3O/c1-8(12)4-11(5-8)7-2-3-9-6-10-7/h6,12H,2-5H2,1H3. The number of aliphatic hydroxyl groups is 1. The molecule has 0 bridgehead atoms. The molecule has 1 fully saturated rings. The second kappa shape index (κ2) is 2.55. The van der Waals surface area contributed by atoms with Gasteiger partial charge in [-0.15, -0.1) is 0 Å². The Hall–Kier alpha value is -0.900. The molecular formula is C8H13N3O. The predicted molar refractivity (Wildman–Crippen MR) is 47.6 cm³/mol. The van der Waals surface area contributed by atoms with Crippen LogP contribution in [-0.4, -0.2) is 47.4 Å². The van der Waals surface area contributed by atoms with Gasteiger partial charge in [0.2, 0.25) is 0 Å². The summed E-state index contributed by atoms with van der Waals surface area (Å²) in [5.74, 6) is 1.07. The smallest absolute Gasteiger partial charge is 0.111 e. The van der Waals surface area contributed by atoms with Crippen molar-refractivity contribution in [2.24, 2.45) is 9.98 Å². The second-order valence-corrected chi connectivity index (χ2v) is 3.67. The van der Waals surface area contributed by atoms with Gasteiger partial charge in [-0.3, -0.25) is 4.99 Å². The van der Waals surface area contributed by atoms with Gasteiger partial charge in [0, 0.05) is 26.1 Å². The number of nitrogens with zero attached hydrogens (tertiary/aromatic N) is 3. The van der Waals surface area contributed by atoms with Crippen molar-refractivity contribution in [2.45, 2.75) is 18.9 Å². The van der Waals surface area contributed by atoms with Crippen molar-refractivity contribution < 1.29 is 5.11 Å². The zero-order valence-corrected chi connectivity index (χ0v) is 7.19. The summed E-state index contributed by atoms with van der Waals surface area (Å²) in [7, 11) is 0. The summed E-state index contributed by atoms with van der Waals surface area (Å²) in [6.07, 6.45) is 2.51. The van der Waals surface area contributed by atoms with Crippen LogP contribution in [0.3, 0.4) is 0 Å². The van der Waals surface area contributed by atoms with Gasteiger partial charge in [-0.1, -0.05) is 0 Å². The first-order chi connectivity index (χ1) is 5.67. The summed E-state index contributed by atoms with van der Waals surface area (Å²) in [5.41, 5.74) is -0.503. The predicted octanol–water partition coefficient (Wildman–Crippen LogP) is -0.116. The van der Waals surface area contributed by atoms with E-state index in [1.807, 2.05) is 6.92 Å². The van der Waals surface area contributed by atoms with Gasteiger partial charge < -0.3 is 10.0 Å². The van der Waals surface area contributed by atoms with Crippen LogP contribution in [-0.2, 0) is 0 Å². The van der Waals surface area contributed by atoms with Gasteiger partial charge in [0.1, 0.15) is 12.2 Å². The first kappa shape index (κ1) is 7.73. The fraction of sp³-hybridized carbons (Fsp3) is 0.750. The number of likely N-dealkylation sites (tertiary alicyclic amines) is 1. The first-order valence-electron chi connectivity index (χ1n) is 4.20. The van der Waals surface area contributed by atoms with Gasteiger partial charge in [-0.25, -0.2) is 4.99 Å². The molecule has 0 saturated carbocycles. The van der Waals surface area contributed by atoms with Crippen molar-refractivity contribution in [1.82, 2.24) is 4.90 Å². The highest BCUT2D eigenvalue weighted by molar-refractivity contribution is 5.91. The molecule has 2 aliphatic heterocycles. The lowest BCUT2D eigenvalue weighted by atomic mass is 9.96. The van der Waals surface area contributed by atoms with E-state index in [0.717, 1.165) is 18.8 Å². The third-order valence-electron chi connectivity index (χ3n) is 2.18. The van der Waals surface area contributed by atoms with E-state index in [2.05, 4.69) is 14.9 Å². The van der Waals surface area contributed by atoms with Crippen molar-refractivity contribution >= 4 is 12.2 Å². The molecule has 0 amide bonds. The molecule has 2 heterocycles. The van der Waals surface area contributed by atoms with Gasteiger partial charge in [-0.05, 0) is 6.92 Å². The quantitative estimate of drug-likeness (QED) is 0.547. The summed E-state index contributed by atoms with van der Waals surface area (Å²) in [6, 6.07) is 0. The summed E-state index contributed by atoms with van der Waals surface area (Å²) in [5, 5.41) is 9.48. The van der Waals surface area contributed by atoms with Crippen molar-refractivity contribution in [1.29, 1.82) is 0 Å². The molecule has 4 nitrogen and oxygen atoms in total. The molecular weight excluding hydrogens is 154 g/mol. The van der Waals surface area contributed by atoms with Crippen LogP contribution in [0, 0.1) is 0 Å². The molecule has 0 aromatic heterocycles. The van der Waals surface area contributed by atoms with E-state index in [-0.39, 0.29) is 0 Å². The number of hydrogen-bond acceptors (Lipinski definition) is 4. The number of hydrogen-bond donors (Lipinski definition) is 1. The van der Waals surface area contributed by atoms with Gasteiger partial charge in [0.05, 0.1) is 5.60 Å². The van der Waals surface area contributed by atoms with E-state index >= 15 is 0 Å². The van der Waals surface area contributed by atoms with Crippen molar-refractivity contribution in [2.75, 3.05) is 19.6 Å². The Bertz CT molecular complexity index is 237. The Morgan fingerprint density at radius 3 is 2.83 bits per heavy atom. The Labute approximate surface area is 71.6 Å². The normalized spacial score (nSPS) is 26.5. The molecule has 66 valence electrons. The Morgan fingerprint density at radius 1 is 1.58 bits per heavy atom. The number of rotatable bonds is 0. The summed E-state index contributed by atoms with van der Waals surface area (Å²) in [6.45, 7) is 4.10. The van der Waals surface area contributed by atoms with Gasteiger partial charge in [0.15, 0.2) is 0 Å². The lowest BCUT2D eigenvalue weighted by molar-refractivity contribution is -0.0504. The van der Waals surface area contributed by atoms with Crippen molar-refractivity contribution in [3.63, 3.8) is 0 Å². The average molecular weight is 167 g/mol. The third kappa shape index (κ3) is 1.34. The molecule has 1 N–H and O–H groups in total. The van der Waals surface area contributed by atoms with Crippen molar-refractivity contribution in [3.05, 3.63) is 0 Å². The maximum Gasteiger partial charge on any atom is 0.111 e. The van der Waals surface area contributed by atoms with Crippen LogP contribution >= 0.6 is 0 Å². The zero-order chi connectivity index (χ0) is 8.60. The monoisotopic (exact) mass is 167 g/mol. The molecule has 0 atom stereocenters. The molecule has 12 heavy (non-hydrogen) atoms. The van der Waals surface area contributed by atoms with Gasteiger partial charge >= 0.3 is 0 Å². The van der Waals surface area contributed by atoms with E-state index < -0.39 is 5.60 Å². The second-order valence-electron chi connectivity index (χ2n) is 3.67. The molecule has 0 aliphatic carbocycles. The third-order valence-corrected chi connectivity index (χ3v) is 2.18. The minimum absolute atomic E-state index is 0.503. The maximum absolute atomic E-state index is 9.48. The van der Waals surface area contributed by atoms with Gasteiger partial charge in [-0.2, -0.15) is 0 Å². The van der Waals surface area contributed by atoms with Crippen LogP contribution in [0.15, 0.2) is 9.98 Å². The van der Waals surface area contributed by atoms with Crippen LogP contribution in [0.5, 0.6) is 0 Å². The molecule has 2 aliphatic rings. The first-order valence-corrected chi connectivity index (χ1v) is 4.20. The SMILES string of the molecule is CC1(O)CN(C2=NC=NCC2)C1. The summed E-state index contributed by atoms with van der Waals surface area (Å²) in [4.78, 5) is 10.3. The van der Waals surface area contributed by atoms with Crippen LogP contribution in [0.4, 0.5) is 0 Å². The van der Waals surface area contributed by atoms with E-state index in [1.54, 1.807) is 6.34 Å². The largest absolute Gasteiger partial charge is 0.386 e. The lowest BCUT2D eigenvalue weighted by Gasteiger charge is -2.46. The molecule has 2 rings (SSSR count). The molecule has 0 aromatic carbocycles. The van der Waals surface area contributed by atoms with Crippen LogP contribution in [0.1, 0.15) is 13.3 Å². The molecule has 0 spiro atoms. The molecule has 0 radical (unpaired) electrons. The van der Waals surface area contributed by atoms with Gasteiger partial charge in [0.25, 0.3) is 0 Å². The Kier molecular flexibility index (Phi) is 1.65. The highest BCUT2D eigenvalue weighted by Gasteiger charge is 2.38. The fourth-order valence-electron chi connectivity index (χ4n) is 1.59. The van der Waals surface area contributed by atoms with E-state index in [0.29, 0.717) is 13.1 Å². The number of aliphatic imine (C=N–C) groups is 2. The van der Waals surface area contributed by atoms with E-state index in [9.17, 15) is 5.11 Å². The maximum atomic E-state index is 9.48. The van der Waals surface area contributed by atoms with Crippen molar-refractivity contribution in [3.8, 4) is 0 Å². The molecule has 0 unspecified atom stereocenters. The van der Waals surface area contributed by atoms with E-state index in [4.69, 9.17) is 0 Å². The van der Waals surface area contributed by atoms with E-state index in [1.165, 1.54) is 0 Å². The highest BCUT2D eigenvalue weighted by atomic mass is 16.3. The molecule has 4 heteroatoms. The fourth-order valence-corrected chi connectivity index (χ4v) is 1.59. The molecule has 1 saturated heterocycles. The zero-order valence-electron chi connectivity index (χ0n) is 7.19.